The summed E-state index contributed by atoms with van der Waals surface area (Å²) < 4.78 is 0. The molecule has 1 nitrogen and oxygen atoms in total. The number of benzene rings is 1. The average Bonchev–Trinajstić information content (AvgIpc) is 1.88. The van der Waals surface area contributed by atoms with E-state index in [0.29, 0.717) is 0 Å². The average molecular weight is 119 g/mol. The van der Waals surface area contributed by atoms with Crippen LogP contribution >= 0.6 is 0 Å². The molecule has 0 aliphatic heterocycles. The Balaban J connectivity index is 2.94. The number of nitrogens with two attached hydrogens (primary N) is 1. The van der Waals surface area contributed by atoms with Gasteiger partial charge in [-0.25, -0.2) is 0 Å². The van der Waals surface area contributed by atoms with Gasteiger partial charge in [-0.1, -0.05) is 24.4 Å². The highest BCUT2D eigenvalue weighted by molar-refractivity contribution is 6.52. The summed E-state index contributed by atoms with van der Waals surface area (Å²) in [7, 11) is 1.06. The maximum Gasteiger partial charge on any atom is 0.154 e. The molecule has 1 aromatic rings. The van der Waals surface area contributed by atoms with Crippen molar-refractivity contribution in [3.63, 3.8) is 0 Å². The molecule has 0 saturated heterocycles. The topological polar surface area (TPSA) is 26.0 Å². The lowest BCUT2D eigenvalue weighted by atomic mass is 9.73. The first-order valence-corrected chi connectivity index (χ1v) is 3.17. The molecule has 0 radical (unpaired) electrons. The second-order valence-electron chi connectivity index (χ2n) is 2.10. The van der Waals surface area contributed by atoms with E-state index in [1.54, 1.807) is 0 Å². The van der Waals surface area contributed by atoms with Crippen molar-refractivity contribution in [1.29, 1.82) is 0 Å². The van der Waals surface area contributed by atoms with Crippen LogP contribution in [0.1, 0.15) is 0 Å². The van der Waals surface area contributed by atoms with Crippen molar-refractivity contribution < 1.29 is 0 Å². The fraction of sp³-hybridized carbons (Fsp3) is 0.143. The number of anilines is 1. The van der Waals surface area contributed by atoms with Gasteiger partial charge in [0, 0.05) is 5.69 Å². The first-order chi connectivity index (χ1) is 4.33. The van der Waals surface area contributed by atoms with Gasteiger partial charge in [-0.3, -0.25) is 0 Å². The predicted octanol–water partition coefficient (Wildman–Crippen LogP) is 0.379. The van der Waals surface area contributed by atoms with Gasteiger partial charge in [-0.2, -0.15) is 0 Å². The Labute approximate surface area is 56.1 Å². The summed E-state index contributed by atoms with van der Waals surface area (Å²) in [6, 6.07) is 7.96. The lowest BCUT2D eigenvalue weighted by Gasteiger charge is -1.94. The molecule has 2 N–H and O–H groups in total. The summed E-state index contributed by atoms with van der Waals surface area (Å²) in [4.78, 5) is 0. The van der Waals surface area contributed by atoms with E-state index < -0.39 is 0 Å². The maximum absolute atomic E-state index is 5.53. The molecule has 0 bridgehead atoms. The molecule has 0 aliphatic carbocycles. The Morgan fingerprint density at radius 3 is 2.67 bits per heavy atom. The lowest BCUT2D eigenvalue weighted by Crippen LogP contribution is -2.09. The van der Waals surface area contributed by atoms with Crippen LogP contribution in [0, 0.1) is 0 Å². The fourth-order valence-corrected chi connectivity index (χ4v) is 0.813. The minimum absolute atomic E-state index is 0.856. The molecule has 0 heterocycles. The zero-order chi connectivity index (χ0) is 6.69. The first-order valence-electron chi connectivity index (χ1n) is 3.17. The molecule has 0 atom stereocenters. The second kappa shape index (κ2) is 2.58. The Bertz CT molecular complexity index is 198. The normalized spacial score (nSPS) is 9.00. The van der Waals surface area contributed by atoms with E-state index in [-0.39, 0.29) is 0 Å². The summed E-state index contributed by atoms with van der Waals surface area (Å²) in [6.07, 6.45) is 0. The highest BCUT2D eigenvalue weighted by Gasteiger charge is 1.87. The van der Waals surface area contributed by atoms with E-state index in [0.717, 1.165) is 13.0 Å². The number of nitrogen functional groups attached to an aromatic ring is 1. The smallest absolute Gasteiger partial charge is 0.154 e. The van der Waals surface area contributed by atoms with Gasteiger partial charge in [0.1, 0.15) is 0 Å². The van der Waals surface area contributed by atoms with Crippen molar-refractivity contribution in [2.75, 3.05) is 5.73 Å². The molecule has 0 amide bonds. The van der Waals surface area contributed by atoms with Gasteiger partial charge in [0.05, 0.1) is 0 Å². The summed E-state index contributed by atoms with van der Waals surface area (Å²) in [5.41, 5.74) is 7.69. The third-order valence-electron chi connectivity index (χ3n) is 1.36. The van der Waals surface area contributed by atoms with Crippen molar-refractivity contribution in [2.24, 2.45) is 0 Å². The summed E-state index contributed by atoms with van der Waals surface area (Å²) in [6.45, 7) is 2.12. The number of hydrogen-bond donors (Lipinski definition) is 1. The third kappa shape index (κ3) is 1.49. The summed E-state index contributed by atoms with van der Waals surface area (Å²) >= 11 is 0. The van der Waals surface area contributed by atoms with E-state index in [1.807, 2.05) is 18.2 Å². The highest BCUT2D eigenvalue weighted by Crippen LogP contribution is 1.94. The zero-order valence-electron chi connectivity index (χ0n) is 5.59. The van der Waals surface area contributed by atoms with Crippen molar-refractivity contribution >= 4 is 18.4 Å². The van der Waals surface area contributed by atoms with E-state index in [2.05, 4.69) is 12.9 Å². The molecule has 0 aliphatic rings. The number of rotatable bonds is 1. The Kier molecular flexibility index (Phi) is 1.78. The van der Waals surface area contributed by atoms with Crippen LogP contribution < -0.4 is 11.2 Å². The largest absolute Gasteiger partial charge is 0.399 e. The van der Waals surface area contributed by atoms with E-state index in [1.165, 1.54) is 5.46 Å². The predicted molar refractivity (Wildman–Crippen MR) is 43.5 cm³/mol. The van der Waals surface area contributed by atoms with Gasteiger partial charge in [0.2, 0.25) is 0 Å². The second-order valence-corrected chi connectivity index (χ2v) is 2.10. The van der Waals surface area contributed by atoms with Gasteiger partial charge in [0.15, 0.2) is 7.28 Å². The fourth-order valence-electron chi connectivity index (χ4n) is 0.813. The molecule has 46 valence electrons. The Hall–Kier alpha value is -0.915. The standard InChI is InChI=1S/C7H10BN/c1-8-6-3-2-4-7(9)5-6/h2-5,8H,9H2,1H3. The molecular weight excluding hydrogens is 109 g/mol. The Morgan fingerprint density at radius 1 is 1.44 bits per heavy atom. The molecule has 0 spiro atoms. The van der Waals surface area contributed by atoms with Gasteiger partial charge < -0.3 is 5.73 Å². The van der Waals surface area contributed by atoms with Gasteiger partial charge in [-0.15, -0.1) is 0 Å². The summed E-state index contributed by atoms with van der Waals surface area (Å²) in [5, 5.41) is 0. The maximum atomic E-state index is 5.53. The van der Waals surface area contributed by atoms with Crippen molar-refractivity contribution in [3.8, 4) is 0 Å². The SMILES string of the molecule is CBc1cccc(N)c1. The van der Waals surface area contributed by atoms with Crippen LogP contribution in [0.3, 0.4) is 0 Å². The van der Waals surface area contributed by atoms with Crippen molar-refractivity contribution in [1.82, 2.24) is 0 Å². The minimum atomic E-state index is 0.856. The molecule has 0 aromatic heterocycles. The highest BCUT2D eigenvalue weighted by atomic mass is 14.5. The molecule has 1 rings (SSSR count). The van der Waals surface area contributed by atoms with Crippen LogP contribution in [0.25, 0.3) is 0 Å². The van der Waals surface area contributed by atoms with Gasteiger partial charge in [0.25, 0.3) is 0 Å². The molecule has 0 fully saturated rings. The van der Waals surface area contributed by atoms with Crippen LogP contribution in [0.4, 0.5) is 5.69 Å². The minimum Gasteiger partial charge on any atom is -0.399 e. The molecule has 0 saturated carbocycles. The van der Waals surface area contributed by atoms with Gasteiger partial charge >= 0.3 is 0 Å². The van der Waals surface area contributed by atoms with Crippen LogP contribution in [-0.2, 0) is 0 Å². The quantitative estimate of drug-likeness (QED) is 0.419. The van der Waals surface area contributed by atoms with E-state index >= 15 is 0 Å². The van der Waals surface area contributed by atoms with E-state index in [4.69, 9.17) is 5.73 Å². The molecule has 2 heteroatoms. The Morgan fingerprint density at radius 2 is 2.22 bits per heavy atom. The van der Waals surface area contributed by atoms with E-state index in [9.17, 15) is 0 Å². The van der Waals surface area contributed by atoms with Crippen LogP contribution in [-0.4, -0.2) is 7.28 Å². The first kappa shape index (κ1) is 6.21. The number of hydrogen-bond acceptors (Lipinski definition) is 1. The molecule has 1 aromatic carbocycles. The zero-order valence-corrected chi connectivity index (χ0v) is 5.59. The third-order valence-corrected chi connectivity index (χ3v) is 1.36. The molecular formula is C7H10BN. The molecule has 9 heavy (non-hydrogen) atoms. The van der Waals surface area contributed by atoms with Crippen LogP contribution in [0.15, 0.2) is 24.3 Å². The van der Waals surface area contributed by atoms with Crippen molar-refractivity contribution in [3.05, 3.63) is 24.3 Å². The van der Waals surface area contributed by atoms with Crippen LogP contribution in [0.5, 0.6) is 0 Å². The lowest BCUT2D eigenvalue weighted by molar-refractivity contribution is 1.73. The van der Waals surface area contributed by atoms with Crippen LogP contribution in [0.2, 0.25) is 6.82 Å². The van der Waals surface area contributed by atoms with Crippen molar-refractivity contribution in [2.45, 2.75) is 6.82 Å². The van der Waals surface area contributed by atoms with Gasteiger partial charge in [-0.05, 0) is 12.1 Å². The monoisotopic (exact) mass is 119 g/mol. The molecule has 0 unspecified atom stereocenters. The summed E-state index contributed by atoms with van der Waals surface area (Å²) in [5.74, 6) is 0.